The Morgan fingerprint density at radius 2 is 1.77 bits per heavy atom. The van der Waals surface area contributed by atoms with Crippen molar-refractivity contribution in [3.63, 3.8) is 0 Å². The van der Waals surface area contributed by atoms with Gasteiger partial charge in [-0.15, -0.1) is 0 Å². The van der Waals surface area contributed by atoms with Gasteiger partial charge in [0.2, 0.25) is 11.2 Å². The number of phenolic OH excluding ortho intramolecular Hbond substituents is 2. The average molecular weight is 380 g/mol. The fourth-order valence-corrected chi connectivity index (χ4v) is 2.82. The van der Waals surface area contributed by atoms with Crippen molar-refractivity contribution in [2.24, 2.45) is 0 Å². The van der Waals surface area contributed by atoms with Gasteiger partial charge in [-0.2, -0.15) is 8.42 Å². The van der Waals surface area contributed by atoms with Crippen LogP contribution in [0.25, 0.3) is 22.3 Å². The molecule has 1 heterocycles. The number of aromatic hydroxyl groups is 3. The molecule has 0 bridgehead atoms. The molecule has 3 aromatic rings. The third-order valence-electron chi connectivity index (χ3n) is 3.58. The molecule has 0 amide bonds. The Bertz CT molecular complexity index is 1190. The Kier molecular flexibility index (Phi) is 4.01. The first-order chi connectivity index (χ1) is 12.1. The summed E-state index contributed by atoms with van der Waals surface area (Å²) in [7, 11) is -4.78. The Morgan fingerprint density at radius 1 is 1.08 bits per heavy atom. The molecule has 0 saturated carbocycles. The maximum atomic E-state index is 12.3. The molecular weight excluding hydrogens is 368 g/mol. The van der Waals surface area contributed by atoms with E-state index in [0.717, 1.165) is 18.2 Å². The van der Waals surface area contributed by atoms with Crippen molar-refractivity contribution in [2.45, 2.75) is 6.92 Å². The monoisotopic (exact) mass is 380 g/mol. The second-order valence-electron chi connectivity index (χ2n) is 5.44. The fraction of sp³-hybridized carbons (Fsp3) is 0.0625. The smallest absolute Gasteiger partial charge is 0.446 e. The second kappa shape index (κ2) is 5.93. The van der Waals surface area contributed by atoms with E-state index in [2.05, 4.69) is 4.18 Å². The number of fused-ring (bicyclic) bond motifs is 1. The summed E-state index contributed by atoms with van der Waals surface area (Å²) in [5.74, 6) is -2.36. The zero-order chi connectivity index (χ0) is 19.2. The van der Waals surface area contributed by atoms with Gasteiger partial charge in [0, 0.05) is 17.7 Å². The molecule has 2 aromatic carbocycles. The SMILES string of the molecule is Cc1ccc(-c2oc3cc(O)cc(O)c3c(=O)c2O)cc1OS(=O)(=O)O. The Morgan fingerprint density at radius 3 is 2.42 bits per heavy atom. The van der Waals surface area contributed by atoms with E-state index in [0.29, 0.717) is 5.56 Å². The molecule has 3 rings (SSSR count). The summed E-state index contributed by atoms with van der Waals surface area (Å²) in [6.07, 6.45) is 0. The number of hydrogen-bond donors (Lipinski definition) is 4. The molecular formula is C16H12O9S. The third kappa shape index (κ3) is 3.15. The quantitative estimate of drug-likeness (QED) is 0.500. The van der Waals surface area contributed by atoms with Crippen molar-refractivity contribution in [1.82, 2.24) is 0 Å². The summed E-state index contributed by atoms with van der Waals surface area (Å²) < 4.78 is 40.5. The molecule has 0 aliphatic heterocycles. The third-order valence-corrected chi connectivity index (χ3v) is 3.97. The highest BCUT2D eigenvalue weighted by molar-refractivity contribution is 7.81. The molecule has 0 spiro atoms. The standard InChI is InChI=1S/C16H12O9S/c1-7-2-3-8(4-11(7)25-26(21,22)23)16-15(20)14(19)13-10(18)5-9(17)6-12(13)24-16/h2-6,17-18,20H,1H3,(H,21,22,23). The summed E-state index contributed by atoms with van der Waals surface area (Å²) in [5.41, 5.74) is -0.729. The Labute approximate surface area is 146 Å². The lowest BCUT2D eigenvalue weighted by atomic mass is 10.1. The topological polar surface area (TPSA) is 154 Å². The van der Waals surface area contributed by atoms with Gasteiger partial charge in [0.05, 0.1) is 0 Å². The molecule has 0 fully saturated rings. The van der Waals surface area contributed by atoms with Gasteiger partial charge in [0.25, 0.3) is 0 Å². The first-order valence-electron chi connectivity index (χ1n) is 7.06. The molecule has 9 nitrogen and oxygen atoms in total. The average Bonchev–Trinajstić information content (AvgIpc) is 2.51. The molecule has 10 heteroatoms. The van der Waals surface area contributed by atoms with Gasteiger partial charge in [-0.3, -0.25) is 9.35 Å². The number of hydrogen-bond acceptors (Lipinski definition) is 8. The molecule has 4 N–H and O–H groups in total. The lowest BCUT2D eigenvalue weighted by Crippen LogP contribution is -2.08. The molecule has 0 saturated heterocycles. The summed E-state index contributed by atoms with van der Waals surface area (Å²) in [5, 5.41) is 29.1. The number of rotatable bonds is 3. The van der Waals surface area contributed by atoms with Crippen LogP contribution in [0.3, 0.4) is 0 Å². The van der Waals surface area contributed by atoms with E-state index in [9.17, 15) is 28.5 Å². The second-order valence-corrected chi connectivity index (χ2v) is 6.46. The van der Waals surface area contributed by atoms with Gasteiger partial charge in [-0.25, -0.2) is 0 Å². The van der Waals surface area contributed by atoms with Gasteiger partial charge in [-0.05, 0) is 18.6 Å². The summed E-state index contributed by atoms with van der Waals surface area (Å²) in [6, 6.07) is 5.96. The molecule has 0 aliphatic rings. The van der Waals surface area contributed by atoms with E-state index < -0.39 is 27.3 Å². The van der Waals surface area contributed by atoms with Crippen LogP contribution in [-0.4, -0.2) is 28.3 Å². The van der Waals surface area contributed by atoms with Crippen molar-refractivity contribution in [2.75, 3.05) is 0 Å². The predicted octanol–water partition coefficient (Wildman–Crippen LogP) is 2.07. The minimum absolute atomic E-state index is 0.0635. The lowest BCUT2D eigenvalue weighted by molar-refractivity contribution is 0.385. The Balaban J connectivity index is 2.28. The molecule has 0 aliphatic carbocycles. The molecule has 1 aromatic heterocycles. The van der Waals surface area contributed by atoms with Crippen LogP contribution in [-0.2, 0) is 10.4 Å². The maximum Gasteiger partial charge on any atom is 0.446 e. The molecule has 0 radical (unpaired) electrons. The number of benzene rings is 2. The van der Waals surface area contributed by atoms with Crippen LogP contribution in [0.2, 0.25) is 0 Å². The van der Waals surface area contributed by atoms with E-state index in [1.165, 1.54) is 19.1 Å². The van der Waals surface area contributed by atoms with Crippen molar-refractivity contribution in [1.29, 1.82) is 0 Å². The molecule has 136 valence electrons. The minimum atomic E-state index is -4.78. The number of phenols is 2. The molecule has 0 unspecified atom stereocenters. The van der Waals surface area contributed by atoms with Crippen LogP contribution >= 0.6 is 0 Å². The van der Waals surface area contributed by atoms with Gasteiger partial charge >= 0.3 is 10.4 Å². The highest BCUT2D eigenvalue weighted by Gasteiger charge is 2.20. The Hall–Kier alpha value is -3.24. The van der Waals surface area contributed by atoms with Crippen LogP contribution in [0.1, 0.15) is 5.56 Å². The van der Waals surface area contributed by atoms with E-state index in [1.807, 2.05) is 0 Å². The van der Waals surface area contributed by atoms with E-state index in [4.69, 9.17) is 8.97 Å². The fourth-order valence-electron chi connectivity index (χ4n) is 2.42. The van der Waals surface area contributed by atoms with Crippen LogP contribution in [0.4, 0.5) is 0 Å². The molecule has 26 heavy (non-hydrogen) atoms. The van der Waals surface area contributed by atoms with E-state index in [1.54, 1.807) is 0 Å². The zero-order valence-corrected chi connectivity index (χ0v) is 13.9. The van der Waals surface area contributed by atoms with Crippen LogP contribution < -0.4 is 9.61 Å². The normalized spacial score (nSPS) is 11.6. The van der Waals surface area contributed by atoms with Crippen LogP contribution in [0.15, 0.2) is 39.5 Å². The maximum absolute atomic E-state index is 12.3. The van der Waals surface area contributed by atoms with E-state index >= 15 is 0 Å². The highest BCUT2D eigenvalue weighted by Crippen LogP contribution is 2.36. The molecule has 0 atom stereocenters. The summed E-state index contributed by atoms with van der Waals surface area (Å²) in [4.78, 5) is 12.3. The lowest BCUT2D eigenvalue weighted by Gasteiger charge is -2.10. The predicted molar refractivity (Wildman–Crippen MR) is 89.8 cm³/mol. The minimum Gasteiger partial charge on any atom is -0.508 e. The van der Waals surface area contributed by atoms with Gasteiger partial charge in [0.1, 0.15) is 28.2 Å². The van der Waals surface area contributed by atoms with Gasteiger partial charge < -0.3 is 23.9 Å². The van der Waals surface area contributed by atoms with Crippen molar-refractivity contribution < 1.29 is 36.9 Å². The van der Waals surface area contributed by atoms with Gasteiger partial charge in [0.15, 0.2) is 5.76 Å². The van der Waals surface area contributed by atoms with Gasteiger partial charge in [-0.1, -0.05) is 12.1 Å². The first kappa shape index (κ1) is 17.6. The van der Waals surface area contributed by atoms with Crippen molar-refractivity contribution in [3.8, 4) is 34.3 Å². The van der Waals surface area contributed by atoms with Crippen molar-refractivity contribution >= 4 is 21.4 Å². The first-order valence-corrected chi connectivity index (χ1v) is 8.43. The largest absolute Gasteiger partial charge is 0.508 e. The highest BCUT2D eigenvalue weighted by atomic mass is 32.3. The van der Waals surface area contributed by atoms with E-state index in [-0.39, 0.29) is 33.8 Å². The zero-order valence-electron chi connectivity index (χ0n) is 13.1. The van der Waals surface area contributed by atoms with Crippen LogP contribution in [0, 0.1) is 6.92 Å². The van der Waals surface area contributed by atoms with Crippen LogP contribution in [0.5, 0.6) is 23.0 Å². The summed E-state index contributed by atoms with van der Waals surface area (Å²) in [6.45, 7) is 1.51. The summed E-state index contributed by atoms with van der Waals surface area (Å²) >= 11 is 0. The van der Waals surface area contributed by atoms with Crippen molar-refractivity contribution in [3.05, 3.63) is 46.1 Å². The number of aryl methyl sites for hydroxylation is 1.